The second-order valence-electron chi connectivity index (χ2n) is 5.60. The van der Waals surface area contributed by atoms with E-state index in [4.69, 9.17) is 4.74 Å². The molecule has 1 N–H and O–H groups in total. The van der Waals surface area contributed by atoms with Gasteiger partial charge in [-0.25, -0.2) is 4.98 Å². The van der Waals surface area contributed by atoms with E-state index in [9.17, 15) is 9.59 Å². The summed E-state index contributed by atoms with van der Waals surface area (Å²) in [5.41, 5.74) is 2.01. The highest BCUT2D eigenvalue weighted by atomic mass is 32.2. The number of para-hydroxylation sites is 1. The summed E-state index contributed by atoms with van der Waals surface area (Å²) in [5.74, 6) is -0.631. The van der Waals surface area contributed by atoms with Gasteiger partial charge in [0.15, 0.2) is 6.61 Å². The zero-order valence-electron chi connectivity index (χ0n) is 14.2. The minimum Gasteiger partial charge on any atom is -0.455 e. The number of ether oxygens (including phenoxy) is 1. The van der Waals surface area contributed by atoms with Crippen LogP contribution in [0, 0.1) is 6.92 Å². The summed E-state index contributed by atoms with van der Waals surface area (Å²) in [6.45, 7) is 2.20. The number of aryl methyl sites for hydroxylation is 1. The minimum absolute atomic E-state index is 0.114. The number of amides is 1. The molecule has 0 atom stereocenters. The van der Waals surface area contributed by atoms with Crippen LogP contribution < -0.4 is 5.32 Å². The molecule has 0 unspecified atom stereocenters. The fourth-order valence-electron chi connectivity index (χ4n) is 2.36. The summed E-state index contributed by atoms with van der Waals surface area (Å²) >= 11 is 2.87. The largest absolute Gasteiger partial charge is 0.455 e. The van der Waals surface area contributed by atoms with E-state index in [0.717, 1.165) is 26.4 Å². The fraction of sp³-hybridized carbons (Fsp3) is 0.211. The maximum atomic E-state index is 11.9. The van der Waals surface area contributed by atoms with Gasteiger partial charge in [0.25, 0.3) is 5.91 Å². The summed E-state index contributed by atoms with van der Waals surface area (Å²) in [5, 5.41) is 6.53. The predicted octanol–water partition coefficient (Wildman–Crippen LogP) is 3.56. The van der Waals surface area contributed by atoms with E-state index >= 15 is 0 Å². The maximum absolute atomic E-state index is 11.9. The topological polar surface area (TPSA) is 68.3 Å². The molecule has 0 saturated carbocycles. The van der Waals surface area contributed by atoms with Gasteiger partial charge in [0.05, 0.1) is 22.8 Å². The average molecular weight is 386 g/mol. The van der Waals surface area contributed by atoms with Crippen molar-refractivity contribution >= 4 is 45.9 Å². The second-order valence-corrected chi connectivity index (χ2v) is 7.63. The molecular weight excluding hydrogens is 368 g/mol. The molecule has 0 fully saturated rings. The number of fused-ring (bicyclic) bond motifs is 1. The number of carbonyl (C=O) groups is 2. The molecule has 3 rings (SSSR count). The van der Waals surface area contributed by atoms with Gasteiger partial charge in [-0.1, -0.05) is 36.0 Å². The highest BCUT2D eigenvalue weighted by Crippen LogP contribution is 2.23. The third-order valence-electron chi connectivity index (χ3n) is 3.64. The Morgan fingerprint density at radius 1 is 1.23 bits per heavy atom. The van der Waals surface area contributed by atoms with Crippen LogP contribution in [0.4, 0.5) is 0 Å². The SMILES string of the molecule is Cc1cc(SCC(=O)OCC(=O)NCc2cccs2)nc2ccccc12. The van der Waals surface area contributed by atoms with Crippen LogP contribution in [-0.4, -0.2) is 29.2 Å². The van der Waals surface area contributed by atoms with Crippen LogP contribution in [0.3, 0.4) is 0 Å². The number of nitrogens with one attached hydrogen (secondary N) is 1. The lowest BCUT2D eigenvalue weighted by molar-refractivity contribution is -0.145. The molecule has 0 radical (unpaired) electrons. The molecule has 26 heavy (non-hydrogen) atoms. The Hall–Kier alpha value is -2.38. The van der Waals surface area contributed by atoms with Gasteiger partial charge >= 0.3 is 5.97 Å². The number of nitrogens with zero attached hydrogens (tertiary/aromatic N) is 1. The minimum atomic E-state index is -0.436. The van der Waals surface area contributed by atoms with Crippen molar-refractivity contribution in [2.24, 2.45) is 0 Å². The molecule has 0 spiro atoms. The lowest BCUT2D eigenvalue weighted by Gasteiger charge is -2.07. The van der Waals surface area contributed by atoms with Crippen molar-refractivity contribution in [2.75, 3.05) is 12.4 Å². The molecule has 2 aromatic heterocycles. The highest BCUT2D eigenvalue weighted by Gasteiger charge is 2.10. The molecule has 5 nitrogen and oxygen atoms in total. The number of pyridine rings is 1. The standard InChI is InChI=1S/C19H18N2O3S2/c1-13-9-18(21-16-7-3-2-6-15(13)16)26-12-19(23)24-11-17(22)20-10-14-5-4-8-25-14/h2-9H,10-12H2,1H3,(H,20,22). The van der Waals surface area contributed by atoms with Gasteiger partial charge in [0, 0.05) is 10.3 Å². The Labute approximate surface area is 159 Å². The lowest BCUT2D eigenvalue weighted by Crippen LogP contribution is -2.28. The predicted molar refractivity (Wildman–Crippen MR) is 104 cm³/mol. The zero-order chi connectivity index (χ0) is 18.4. The van der Waals surface area contributed by atoms with Gasteiger partial charge in [-0.15, -0.1) is 11.3 Å². The molecule has 1 amide bonds. The average Bonchev–Trinajstić information content (AvgIpc) is 3.16. The van der Waals surface area contributed by atoms with Gasteiger partial charge in [-0.2, -0.15) is 0 Å². The van der Waals surface area contributed by atoms with Crippen molar-refractivity contribution in [3.63, 3.8) is 0 Å². The normalized spacial score (nSPS) is 10.7. The van der Waals surface area contributed by atoms with Crippen molar-refractivity contribution in [2.45, 2.75) is 18.5 Å². The molecule has 0 bridgehead atoms. The third kappa shape index (κ3) is 5.06. The Morgan fingerprint density at radius 3 is 2.88 bits per heavy atom. The lowest BCUT2D eigenvalue weighted by atomic mass is 10.1. The van der Waals surface area contributed by atoms with Crippen molar-refractivity contribution in [1.82, 2.24) is 10.3 Å². The second kappa shape index (κ2) is 8.82. The van der Waals surface area contributed by atoms with Crippen molar-refractivity contribution in [3.05, 3.63) is 58.3 Å². The Balaban J connectivity index is 1.44. The first-order chi connectivity index (χ1) is 12.6. The van der Waals surface area contributed by atoms with Crippen molar-refractivity contribution in [1.29, 1.82) is 0 Å². The van der Waals surface area contributed by atoms with Gasteiger partial charge < -0.3 is 10.1 Å². The van der Waals surface area contributed by atoms with Crippen LogP contribution in [0.1, 0.15) is 10.4 Å². The molecule has 7 heteroatoms. The van der Waals surface area contributed by atoms with Gasteiger partial charge in [0.2, 0.25) is 0 Å². The number of hydrogen-bond acceptors (Lipinski definition) is 6. The van der Waals surface area contributed by atoms with Crippen LogP contribution >= 0.6 is 23.1 Å². The van der Waals surface area contributed by atoms with Crippen LogP contribution in [0.2, 0.25) is 0 Å². The number of rotatable bonds is 7. The van der Waals surface area contributed by atoms with Crippen LogP contribution in [0.15, 0.2) is 52.9 Å². The van der Waals surface area contributed by atoms with E-state index in [-0.39, 0.29) is 18.3 Å². The number of carbonyl (C=O) groups excluding carboxylic acids is 2. The van der Waals surface area contributed by atoms with Gasteiger partial charge in [0.1, 0.15) is 0 Å². The molecule has 0 aliphatic heterocycles. The maximum Gasteiger partial charge on any atom is 0.316 e. The van der Waals surface area contributed by atoms with Crippen molar-refractivity contribution < 1.29 is 14.3 Å². The Kier molecular flexibility index (Phi) is 6.25. The molecule has 0 aliphatic carbocycles. The Morgan fingerprint density at radius 2 is 2.08 bits per heavy atom. The summed E-state index contributed by atoms with van der Waals surface area (Å²) < 4.78 is 5.02. The van der Waals surface area contributed by atoms with E-state index in [2.05, 4.69) is 10.3 Å². The van der Waals surface area contributed by atoms with Crippen molar-refractivity contribution in [3.8, 4) is 0 Å². The summed E-state index contributed by atoms with van der Waals surface area (Å²) in [4.78, 5) is 29.2. The van der Waals surface area contributed by atoms with Crippen LogP contribution in [0.25, 0.3) is 10.9 Å². The van der Waals surface area contributed by atoms with Crippen LogP contribution in [0.5, 0.6) is 0 Å². The van der Waals surface area contributed by atoms with E-state index in [0.29, 0.717) is 6.54 Å². The zero-order valence-corrected chi connectivity index (χ0v) is 15.9. The summed E-state index contributed by atoms with van der Waals surface area (Å²) in [6.07, 6.45) is 0. The molecule has 1 aromatic carbocycles. The number of thioether (sulfide) groups is 1. The van der Waals surface area contributed by atoms with Crippen LogP contribution in [-0.2, 0) is 20.9 Å². The number of thiophene rings is 1. The number of benzene rings is 1. The number of hydrogen-bond donors (Lipinski definition) is 1. The Bertz CT molecular complexity index is 910. The number of esters is 1. The molecule has 0 aliphatic rings. The van der Waals surface area contributed by atoms with E-state index in [1.165, 1.54) is 11.8 Å². The van der Waals surface area contributed by atoms with E-state index < -0.39 is 5.97 Å². The fourth-order valence-corrected chi connectivity index (χ4v) is 3.78. The molecule has 3 aromatic rings. The van der Waals surface area contributed by atoms with E-state index in [1.54, 1.807) is 11.3 Å². The highest BCUT2D eigenvalue weighted by molar-refractivity contribution is 7.99. The first-order valence-corrected chi connectivity index (χ1v) is 9.92. The molecular formula is C19H18N2O3S2. The number of aromatic nitrogens is 1. The summed E-state index contributed by atoms with van der Waals surface area (Å²) in [6, 6.07) is 13.7. The molecule has 2 heterocycles. The third-order valence-corrected chi connectivity index (χ3v) is 5.40. The van der Waals surface area contributed by atoms with Gasteiger partial charge in [-0.3, -0.25) is 9.59 Å². The quantitative estimate of drug-likeness (QED) is 0.497. The first kappa shape index (κ1) is 18.4. The molecule has 0 saturated heterocycles. The molecule has 134 valence electrons. The monoisotopic (exact) mass is 386 g/mol. The van der Waals surface area contributed by atoms with Gasteiger partial charge in [-0.05, 0) is 36.1 Å². The summed E-state index contributed by atoms with van der Waals surface area (Å²) in [7, 11) is 0. The smallest absolute Gasteiger partial charge is 0.316 e. The first-order valence-electron chi connectivity index (χ1n) is 8.06. The van der Waals surface area contributed by atoms with E-state index in [1.807, 2.05) is 54.8 Å².